The first kappa shape index (κ1) is 10.8. The van der Waals surface area contributed by atoms with Gasteiger partial charge in [0.2, 0.25) is 0 Å². The van der Waals surface area contributed by atoms with Gasteiger partial charge < -0.3 is 4.90 Å². The van der Waals surface area contributed by atoms with Gasteiger partial charge in [0, 0.05) is 29.9 Å². The van der Waals surface area contributed by atoms with Gasteiger partial charge in [-0.1, -0.05) is 17.7 Å². The molecule has 0 fully saturated rings. The van der Waals surface area contributed by atoms with Crippen molar-refractivity contribution in [3.05, 3.63) is 41.4 Å². The molecule has 0 N–H and O–H groups in total. The Hall–Kier alpha value is -1.28. The van der Waals surface area contributed by atoms with Crippen molar-refractivity contribution in [1.82, 2.24) is 0 Å². The van der Waals surface area contributed by atoms with Crippen molar-refractivity contribution in [2.75, 3.05) is 18.5 Å². The average molecular weight is 210 g/mol. The number of nitrogens with zero attached hydrogens (tertiary/aromatic N) is 1. The Kier molecular flexibility index (Phi) is 3.72. The van der Waals surface area contributed by atoms with Crippen molar-refractivity contribution in [2.24, 2.45) is 0 Å². The predicted molar refractivity (Wildman–Crippen MR) is 60.3 cm³/mol. The monoisotopic (exact) mass is 209 g/mol. The molecule has 1 rings (SSSR count). The molecule has 3 heteroatoms. The quantitative estimate of drug-likeness (QED) is 0.562. The standard InChI is InChI=1S/C11H12ClNO/c1-3-6-13(2)11-5-4-10(12)7-9(11)8-14/h3-5,7-8H,1,6H2,2H3. The van der Waals surface area contributed by atoms with Gasteiger partial charge in [-0.3, -0.25) is 4.79 Å². The Morgan fingerprint density at radius 3 is 2.86 bits per heavy atom. The van der Waals surface area contributed by atoms with Gasteiger partial charge in [-0.15, -0.1) is 6.58 Å². The van der Waals surface area contributed by atoms with Crippen LogP contribution in [0.3, 0.4) is 0 Å². The summed E-state index contributed by atoms with van der Waals surface area (Å²) in [6.07, 6.45) is 2.59. The third kappa shape index (κ3) is 2.36. The highest BCUT2D eigenvalue weighted by molar-refractivity contribution is 6.31. The lowest BCUT2D eigenvalue weighted by Crippen LogP contribution is -2.18. The molecule has 0 aliphatic heterocycles. The molecule has 0 heterocycles. The van der Waals surface area contributed by atoms with E-state index in [9.17, 15) is 4.79 Å². The van der Waals surface area contributed by atoms with E-state index in [0.29, 0.717) is 17.1 Å². The minimum Gasteiger partial charge on any atom is -0.370 e. The van der Waals surface area contributed by atoms with Gasteiger partial charge in [0.1, 0.15) is 0 Å². The molecule has 0 aromatic heterocycles. The summed E-state index contributed by atoms with van der Waals surface area (Å²) in [5.41, 5.74) is 1.46. The summed E-state index contributed by atoms with van der Waals surface area (Å²) in [4.78, 5) is 12.7. The van der Waals surface area contributed by atoms with E-state index in [1.54, 1.807) is 18.2 Å². The highest BCUT2D eigenvalue weighted by Crippen LogP contribution is 2.21. The SMILES string of the molecule is C=CCN(C)c1ccc(Cl)cc1C=O. The fraction of sp³-hybridized carbons (Fsp3) is 0.182. The maximum Gasteiger partial charge on any atom is 0.152 e. The Morgan fingerprint density at radius 2 is 2.29 bits per heavy atom. The molecule has 2 nitrogen and oxygen atoms in total. The number of halogens is 1. The molecule has 1 aromatic rings. The Morgan fingerprint density at radius 1 is 1.57 bits per heavy atom. The molecule has 1 aromatic carbocycles. The molecule has 0 atom stereocenters. The van der Waals surface area contributed by atoms with E-state index in [4.69, 9.17) is 11.6 Å². The van der Waals surface area contributed by atoms with Crippen LogP contribution in [-0.2, 0) is 0 Å². The molecule has 0 saturated heterocycles. The van der Waals surface area contributed by atoms with E-state index in [2.05, 4.69) is 6.58 Å². The van der Waals surface area contributed by atoms with Crippen LogP contribution in [0.2, 0.25) is 5.02 Å². The summed E-state index contributed by atoms with van der Waals surface area (Å²) >= 11 is 5.78. The summed E-state index contributed by atoms with van der Waals surface area (Å²) in [7, 11) is 1.90. The Labute approximate surface area is 88.8 Å². The second kappa shape index (κ2) is 4.82. The number of anilines is 1. The van der Waals surface area contributed by atoms with Gasteiger partial charge in [0.15, 0.2) is 6.29 Å². The average Bonchev–Trinajstić information content (AvgIpc) is 2.17. The number of carbonyl (C=O) groups excluding carboxylic acids is 1. The van der Waals surface area contributed by atoms with Crippen LogP contribution in [-0.4, -0.2) is 19.9 Å². The second-order valence-electron chi connectivity index (χ2n) is 2.99. The molecule has 0 unspecified atom stereocenters. The topological polar surface area (TPSA) is 20.3 Å². The van der Waals surface area contributed by atoms with Crippen LogP contribution < -0.4 is 4.90 Å². The summed E-state index contributed by atoms with van der Waals surface area (Å²) in [6.45, 7) is 4.34. The lowest BCUT2D eigenvalue weighted by molar-refractivity contribution is 0.112. The number of carbonyl (C=O) groups is 1. The molecule has 0 aliphatic carbocycles. The maximum absolute atomic E-state index is 10.8. The van der Waals surface area contributed by atoms with Gasteiger partial charge in [0.05, 0.1) is 0 Å². The van der Waals surface area contributed by atoms with Gasteiger partial charge in [-0.2, -0.15) is 0 Å². The smallest absolute Gasteiger partial charge is 0.152 e. The van der Waals surface area contributed by atoms with E-state index in [-0.39, 0.29) is 0 Å². The zero-order valence-electron chi connectivity index (χ0n) is 8.03. The van der Waals surface area contributed by atoms with Crippen LogP contribution in [0.25, 0.3) is 0 Å². The number of hydrogen-bond donors (Lipinski definition) is 0. The minimum atomic E-state index is 0.572. The van der Waals surface area contributed by atoms with Crippen LogP contribution in [0.15, 0.2) is 30.9 Å². The highest BCUT2D eigenvalue weighted by Gasteiger charge is 2.05. The van der Waals surface area contributed by atoms with Gasteiger partial charge in [0.25, 0.3) is 0 Å². The lowest BCUT2D eigenvalue weighted by atomic mass is 10.2. The maximum atomic E-state index is 10.8. The fourth-order valence-electron chi connectivity index (χ4n) is 1.26. The molecule has 0 amide bonds. The van der Waals surface area contributed by atoms with Crippen molar-refractivity contribution in [1.29, 1.82) is 0 Å². The second-order valence-corrected chi connectivity index (χ2v) is 3.43. The first-order valence-corrected chi connectivity index (χ1v) is 4.63. The normalized spacial score (nSPS) is 9.57. The zero-order valence-corrected chi connectivity index (χ0v) is 8.79. The molecule has 0 radical (unpaired) electrons. The molecular weight excluding hydrogens is 198 g/mol. The van der Waals surface area contributed by atoms with Crippen molar-refractivity contribution in [3.63, 3.8) is 0 Å². The number of rotatable bonds is 4. The van der Waals surface area contributed by atoms with Crippen LogP contribution in [0.5, 0.6) is 0 Å². The van der Waals surface area contributed by atoms with Gasteiger partial charge in [-0.05, 0) is 18.2 Å². The fourth-order valence-corrected chi connectivity index (χ4v) is 1.44. The largest absolute Gasteiger partial charge is 0.370 e. The lowest BCUT2D eigenvalue weighted by Gasteiger charge is -2.18. The molecule has 0 saturated carbocycles. The van der Waals surface area contributed by atoms with Crippen LogP contribution >= 0.6 is 11.6 Å². The van der Waals surface area contributed by atoms with E-state index < -0.39 is 0 Å². The molecular formula is C11H12ClNO. The van der Waals surface area contributed by atoms with E-state index in [1.807, 2.05) is 18.0 Å². The summed E-state index contributed by atoms with van der Waals surface area (Å²) in [5, 5.41) is 0.572. The predicted octanol–water partition coefficient (Wildman–Crippen LogP) is 2.77. The van der Waals surface area contributed by atoms with E-state index >= 15 is 0 Å². The van der Waals surface area contributed by atoms with Crippen molar-refractivity contribution >= 4 is 23.6 Å². The van der Waals surface area contributed by atoms with Crippen LogP contribution in [0.4, 0.5) is 5.69 Å². The Balaban J connectivity index is 3.06. The van der Waals surface area contributed by atoms with Crippen LogP contribution in [0.1, 0.15) is 10.4 Å². The molecule has 0 bridgehead atoms. The summed E-state index contributed by atoms with van der Waals surface area (Å²) in [5.74, 6) is 0. The number of hydrogen-bond acceptors (Lipinski definition) is 2. The van der Waals surface area contributed by atoms with Gasteiger partial charge >= 0.3 is 0 Å². The molecule has 0 aliphatic rings. The first-order valence-electron chi connectivity index (χ1n) is 4.25. The number of aldehydes is 1. The van der Waals surface area contributed by atoms with Crippen molar-refractivity contribution in [3.8, 4) is 0 Å². The van der Waals surface area contributed by atoms with E-state index in [0.717, 1.165) is 12.0 Å². The third-order valence-electron chi connectivity index (χ3n) is 1.93. The highest BCUT2D eigenvalue weighted by atomic mass is 35.5. The van der Waals surface area contributed by atoms with E-state index in [1.165, 1.54) is 0 Å². The molecule has 14 heavy (non-hydrogen) atoms. The minimum absolute atomic E-state index is 0.572. The first-order chi connectivity index (χ1) is 6.69. The summed E-state index contributed by atoms with van der Waals surface area (Å²) < 4.78 is 0. The Bertz CT molecular complexity index is 349. The zero-order chi connectivity index (χ0) is 10.6. The van der Waals surface area contributed by atoms with Gasteiger partial charge in [-0.25, -0.2) is 0 Å². The van der Waals surface area contributed by atoms with Crippen LogP contribution in [0, 0.1) is 0 Å². The summed E-state index contributed by atoms with van der Waals surface area (Å²) in [6, 6.07) is 5.25. The molecule has 0 spiro atoms. The van der Waals surface area contributed by atoms with Crippen molar-refractivity contribution in [2.45, 2.75) is 0 Å². The molecule has 74 valence electrons. The third-order valence-corrected chi connectivity index (χ3v) is 2.17. The number of benzene rings is 1. The van der Waals surface area contributed by atoms with Crippen molar-refractivity contribution < 1.29 is 4.79 Å². The number of likely N-dealkylation sites (N-methyl/N-ethyl adjacent to an activating group) is 1.